The van der Waals surface area contributed by atoms with Gasteiger partial charge in [0.15, 0.2) is 0 Å². The predicted octanol–water partition coefficient (Wildman–Crippen LogP) is 3.80. The average Bonchev–Trinajstić information content (AvgIpc) is 2.34. The standard InChI is InChI=1S/C13H9ClFN3/c1-8-4-5-17-13(10(8)7-16)18-9-2-3-12(15)11(14)6-9/h2-6H,1H3,(H,17,18). The highest BCUT2D eigenvalue weighted by Gasteiger charge is 2.07. The van der Waals surface area contributed by atoms with E-state index in [2.05, 4.69) is 16.4 Å². The molecule has 90 valence electrons. The molecule has 2 rings (SSSR count). The number of nitrogens with one attached hydrogen (secondary N) is 1. The normalized spacial score (nSPS) is 9.89. The minimum Gasteiger partial charge on any atom is -0.339 e. The van der Waals surface area contributed by atoms with Crippen molar-refractivity contribution in [2.75, 3.05) is 5.32 Å². The fourth-order valence-electron chi connectivity index (χ4n) is 1.50. The first-order valence-corrected chi connectivity index (χ1v) is 5.57. The molecule has 0 unspecified atom stereocenters. The maximum absolute atomic E-state index is 13.0. The Bertz CT molecular complexity index is 635. The van der Waals surface area contributed by atoms with Gasteiger partial charge in [0.25, 0.3) is 0 Å². The Kier molecular flexibility index (Phi) is 3.45. The molecule has 1 N–H and O–H groups in total. The molecule has 0 saturated carbocycles. The molecule has 1 aromatic heterocycles. The van der Waals surface area contributed by atoms with Crippen LogP contribution in [0.3, 0.4) is 0 Å². The van der Waals surface area contributed by atoms with Crippen LogP contribution in [0.2, 0.25) is 5.02 Å². The molecule has 1 aromatic carbocycles. The van der Waals surface area contributed by atoms with E-state index in [4.69, 9.17) is 16.9 Å². The number of aryl methyl sites for hydroxylation is 1. The van der Waals surface area contributed by atoms with E-state index in [1.54, 1.807) is 12.3 Å². The zero-order valence-corrected chi connectivity index (χ0v) is 10.3. The quantitative estimate of drug-likeness (QED) is 0.895. The summed E-state index contributed by atoms with van der Waals surface area (Å²) in [5.74, 6) is -0.0555. The van der Waals surface area contributed by atoms with Crippen LogP contribution < -0.4 is 5.32 Å². The van der Waals surface area contributed by atoms with E-state index in [1.165, 1.54) is 18.2 Å². The summed E-state index contributed by atoms with van der Waals surface area (Å²) in [6.45, 7) is 1.82. The second-order valence-electron chi connectivity index (χ2n) is 3.72. The second kappa shape index (κ2) is 5.03. The largest absolute Gasteiger partial charge is 0.339 e. The van der Waals surface area contributed by atoms with Gasteiger partial charge < -0.3 is 5.32 Å². The molecule has 0 aliphatic rings. The highest BCUT2D eigenvalue weighted by Crippen LogP contribution is 2.24. The van der Waals surface area contributed by atoms with Crippen LogP contribution in [0.15, 0.2) is 30.5 Å². The smallest absolute Gasteiger partial charge is 0.148 e. The van der Waals surface area contributed by atoms with Crippen LogP contribution in [0.5, 0.6) is 0 Å². The summed E-state index contributed by atoms with van der Waals surface area (Å²) >= 11 is 5.68. The Hall–Kier alpha value is -2.12. The third kappa shape index (κ3) is 2.41. The molecule has 5 heteroatoms. The molecule has 3 nitrogen and oxygen atoms in total. The van der Waals surface area contributed by atoms with Crippen LogP contribution >= 0.6 is 11.6 Å². The second-order valence-corrected chi connectivity index (χ2v) is 4.12. The Morgan fingerprint density at radius 2 is 2.17 bits per heavy atom. The average molecular weight is 262 g/mol. The molecule has 18 heavy (non-hydrogen) atoms. The SMILES string of the molecule is Cc1ccnc(Nc2ccc(F)c(Cl)c2)c1C#N. The summed E-state index contributed by atoms with van der Waals surface area (Å²) in [5, 5.41) is 12.0. The first-order chi connectivity index (χ1) is 8.61. The molecule has 0 spiro atoms. The first kappa shape index (κ1) is 12.3. The predicted molar refractivity (Wildman–Crippen MR) is 68.4 cm³/mol. The van der Waals surface area contributed by atoms with Crippen molar-refractivity contribution in [1.29, 1.82) is 5.26 Å². The number of anilines is 2. The van der Waals surface area contributed by atoms with Crippen LogP contribution in [0.1, 0.15) is 11.1 Å². The van der Waals surface area contributed by atoms with E-state index in [0.29, 0.717) is 17.1 Å². The van der Waals surface area contributed by atoms with Crippen LogP contribution in [-0.4, -0.2) is 4.98 Å². The van der Waals surface area contributed by atoms with E-state index < -0.39 is 5.82 Å². The van der Waals surface area contributed by atoms with Crippen molar-refractivity contribution in [3.8, 4) is 6.07 Å². The molecule has 0 aliphatic heterocycles. The van der Waals surface area contributed by atoms with Gasteiger partial charge in [-0.3, -0.25) is 0 Å². The number of halogens is 2. The van der Waals surface area contributed by atoms with Crippen LogP contribution in [0.4, 0.5) is 15.9 Å². The van der Waals surface area contributed by atoms with Crippen molar-refractivity contribution in [3.05, 3.63) is 52.4 Å². The number of hydrogen-bond acceptors (Lipinski definition) is 3. The highest BCUT2D eigenvalue weighted by molar-refractivity contribution is 6.31. The number of hydrogen-bond donors (Lipinski definition) is 1. The van der Waals surface area contributed by atoms with Crippen molar-refractivity contribution in [2.24, 2.45) is 0 Å². The van der Waals surface area contributed by atoms with Crippen molar-refractivity contribution in [3.63, 3.8) is 0 Å². The van der Waals surface area contributed by atoms with E-state index in [1.807, 2.05) is 6.92 Å². The third-order valence-corrected chi connectivity index (χ3v) is 2.74. The van der Waals surface area contributed by atoms with Gasteiger partial charge in [-0.1, -0.05) is 11.6 Å². The molecule has 1 heterocycles. The zero-order valence-electron chi connectivity index (χ0n) is 9.54. The number of nitriles is 1. The first-order valence-electron chi connectivity index (χ1n) is 5.19. The molecule has 0 amide bonds. The van der Waals surface area contributed by atoms with E-state index >= 15 is 0 Å². The molecule has 0 aliphatic carbocycles. The minimum atomic E-state index is -0.486. The van der Waals surface area contributed by atoms with Gasteiger partial charge in [0.05, 0.1) is 10.6 Å². The maximum Gasteiger partial charge on any atom is 0.148 e. The molecule has 2 aromatic rings. The number of aromatic nitrogens is 1. The zero-order chi connectivity index (χ0) is 13.1. The van der Waals surface area contributed by atoms with Crippen molar-refractivity contribution in [2.45, 2.75) is 6.92 Å². The van der Waals surface area contributed by atoms with Gasteiger partial charge in [-0.25, -0.2) is 9.37 Å². The number of benzene rings is 1. The van der Waals surface area contributed by atoms with Crippen LogP contribution in [0.25, 0.3) is 0 Å². The highest BCUT2D eigenvalue weighted by atomic mass is 35.5. The Morgan fingerprint density at radius 1 is 1.39 bits per heavy atom. The summed E-state index contributed by atoms with van der Waals surface area (Å²) in [7, 11) is 0. The number of rotatable bonds is 2. The van der Waals surface area contributed by atoms with Gasteiger partial charge in [0.2, 0.25) is 0 Å². The van der Waals surface area contributed by atoms with E-state index in [0.717, 1.165) is 5.56 Å². The lowest BCUT2D eigenvalue weighted by molar-refractivity contribution is 0.628. The topological polar surface area (TPSA) is 48.7 Å². The fourth-order valence-corrected chi connectivity index (χ4v) is 1.69. The molecule has 0 saturated heterocycles. The van der Waals surface area contributed by atoms with Gasteiger partial charge in [-0.15, -0.1) is 0 Å². The monoisotopic (exact) mass is 261 g/mol. The molecule has 0 radical (unpaired) electrons. The van der Waals surface area contributed by atoms with E-state index in [9.17, 15) is 4.39 Å². The van der Waals surface area contributed by atoms with Gasteiger partial charge in [0, 0.05) is 11.9 Å². The van der Waals surface area contributed by atoms with Crippen LogP contribution in [-0.2, 0) is 0 Å². The lowest BCUT2D eigenvalue weighted by atomic mass is 10.1. The Morgan fingerprint density at radius 3 is 2.83 bits per heavy atom. The number of pyridine rings is 1. The molecular formula is C13H9ClFN3. The summed E-state index contributed by atoms with van der Waals surface area (Å²) < 4.78 is 13.0. The molecule has 0 bridgehead atoms. The van der Waals surface area contributed by atoms with Gasteiger partial charge >= 0.3 is 0 Å². The Balaban J connectivity index is 2.37. The summed E-state index contributed by atoms with van der Waals surface area (Å²) in [6, 6.07) is 8.07. The lowest BCUT2D eigenvalue weighted by Crippen LogP contribution is -1.98. The van der Waals surface area contributed by atoms with Crippen molar-refractivity contribution in [1.82, 2.24) is 4.98 Å². The third-order valence-electron chi connectivity index (χ3n) is 2.45. The lowest BCUT2D eigenvalue weighted by Gasteiger charge is -2.09. The fraction of sp³-hybridized carbons (Fsp3) is 0.0769. The molecule has 0 atom stereocenters. The maximum atomic E-state index is 13.0. The number of nitrogens with zero attached hydrogens (tertiary/aromatic N) is 2. The van der Waals surface area contributed by atoms with E-state index in [-0.39, 0.29) is 5.02 Å². The van der Waals surface area contributed by atoms with Crippen molar-refractivity contribution >= 4 is 23.1 Å². The summed E-state index contributed by atoms with van der Waals surface area (Å²) in [6.07, 6.45) is 1.60. The van der Waals surface area contributed by atoms with Gasteiger partial charge in [-0.2, -0.15) is 5.26 Å². The van der Waals surface area contributed by atoms with Crippen molar-refractivity contribution < 1.29 is 4.39 Å². The summed E-state index contributed by atoms with van der Waals surface area (Å²) in [4.78, 5) is 4.09. The summed E-state index contributed by atoms with van der Waals surface area (Å²) in [5.41, 5.74) is 1.86. The molecular weight excluding hydrogens is 253 g/mol. The molecule has 0 fully saturated rings. The van der Waals surface area contributed by atoms with Crippen LogP contribution in [0, 0.1) is 24.1 Å². The minimum absolute atomic E-state index is 0.0196. The Labute approximate surface area is 109 Å². The van der Waals surface area contributed by atoms with Gasteiger partial charge in [0.1, 0.15) is 17.7 Å². The van der Waals surface area contributed by atoms with Gasteiger partial charge in [-0.05, 0) is 36.8 Å².